The minimum absolute atomic E-state index is 0.0417. The molecule has 76 valence electrons. The van der Waals surface area contributed by atoms with Crippen LogP contribution in [0.2, 0.25) is 4.34 Å². The molecule has 14 heavy (non-hydrogen) atoms. The summed E-state index contributed by atoms with van der Waals surface area (Å²) in [6.07, 6.45) is 3.19. The van der Waals surface area contributed by atoms with Crippen LogP contribution in [0, 0.1) is 0 Å². The second kappa shape index (κ2) is 5.23. The molecule has 0 N–H and O–H groups in total. The van der Waals surface area contributed by atoms with Crippen LogP contribution in [0.4, 0.5) is 0 Å². The Balaban J connectivity index is 0.000000146. The molecule has 1 atom stereocenters. The first-order valence-corrected chi connectivity index (χ1v) is 5.86. The van der Waals surface area contributed by atoms with Crippen molar-refractivity contribution in [3.8, 4) is 0 Å². The summed E-state index contributed by atoms with van der Waals surface area (Å²) in [5.74, 6) is 0. The van der Waals surface area contributed by atoms with E-state index in [1.54, 1.807) is 13.1 Å². The molecule has 4 nitrogen and oxygen atoms in total. The molecule has 0 spiro atoms. The molecule has 7 heteroatoms. The Labute approximate surface area is 92.3 Å². The van der Waals surface area contributed by atoms with E-state index in [1.807, 2.05) is 0 Å². The Kier molecular flexibility index (Phi) is 4.24. The van der Waals surface area contributed by atoms with Crippen LogP contribution < -0.4 is 5.56 Å². The molecule has 2 rings (SSSR count). The van der Waals surface area contributed by atoms with Crippen molar-refractivity contribution in [3.63, 3.8) is 0 Å². The zero-order valence-corrected chi connectivity index (χ0v) is 9.60. The van der Waals surface area contributed by atoms with Gasteiger partial charge in [0.1, 0.15) is 4.34 Å². The van der Waals surface area contributed by atoms with Crippen molar-refractivity contribution < 1.29 is 4.21 Å². The highest BCUT2D eigenvalue weighted by Gasteiger charge is 1.93. The summed E-state index contributed by atoms with van der Waals surface area (Å²) in [5, 5.41) is 1.53. The average Bonchev–Trinajstić information content (AvgIpc) is 2.65. The molecule has 2 heterocycles. The van der Waals surface area contributed by atoms with Crippen LogP contribution in [-0.2, 0) is 18.0 Å². The van der Waals surface area contributed by atoms with Crippen molar-refractivity contribution >= 4 is 40.3 Å². The fourth-order valence-electron chi connectivity index (χ4n) is 0.623. The molecule has 0 fully saturated rings. The van der Waals surface area contributed by atoms with Gasteiger partial charge in [-0.3, -0.25) is 8.75 Å². The van der Waals surface area contributed by atoms with Crippen LogP contribution in [0.3, 0.4) is 0 Å². The molecule has 1 aromatic heterocycles. The van der Waals surface area contributed by atoms with Crippen LogP contribution >= 0.6 is 23.1 Å². The summed E-state index contributed by atoms with van der Waals surface area (Å²) >= 11 is 6.70. The van der Waals surface area contributed by atoms with Gasteiger partial charge in [0.15, 0.2) is 11.0 Å². The van der Waals surface area contributed by atoms with E-state index in [9.17, 15) is 9.00 Å². The van der Waals surface area contributed by atoms with Gasteiger partial charge in [0.25, 0.3) is 5.56 Å². The molecule has 1 aromatic rings. The number of rotatable bonds is 0. The lowest BCUT2D eigenvalue weighted by Gasteiger charge is -1.77. The van der Waals surface area contributed by atoms with Crippen molar-refractivity contribution in [2.45, 2.75) is 0 Å². The van der Waals surface area contributed by atoms with Crippen LogP contribution in [0.25, 0.3) is 0 Å². The first kappa shape index (κ1) is 11.4. The number of nitrogens with zero attached hydrogens (tertiary/aromatic N) is 2. The third kappa shape index (κ3) is 3.57. The summed E-state index contributed by atoms with van der Waals surface area (Å²) in [6, 6.07) is 1.40. The number of halogens is 1. The third-order valence-electron chi connectivity index (χ3n) is 1.22. The fraction of sp³-hybridized carbons (Fsp3) is 0.143. The zero-order chi connectivity index (χ0) is 10.6. The van der Waals surface area contributed by atoms with Crippen molar-refractivity contribution in [1.29, 1.82) is 0 Å². The van der Waals surface area contributed by atoms with E-state index in [-0.39, 0.29) is 5.56 Å². The van der Waals surface area contributed by atoms with Gasteiger partial charge in [0.2, 0.25) is 0 Å². The lowest BCUT2D eigenvalue weighted by molar-refractivity contribution is 0.690. The maximum Gasteiger partial charge on any atom is 0.261 e. The maximum atomic E-state index is 10.5. The molecule has 0 aromatic carbocycles. The zero-order valence-electron chi connectivity index (χ0n) is 7.21. The molecule has 0 bridgehead atoms. The summed E-state index contributed by atoms with van der Waals surface area (Å²) in [4.78, 5) is 10.5. The molecule has 0 aliphatic carbocycles. The van der Waals surface area contributed by atoms with Gasteiger partial charge in [-0.05, 0) is 17.6 Å². The summed E-state index contributed by atoms with van der Waals surface area (Å²) in [6.45, 7) is 0. The first-order valence-electron chi connectivity index (χ1n) is 3.54. The van der Waals surface area contributed by atoms with Gasteiger partial charge < -0.3 is 0 Å². The average molecular weight is 251 g/mol. The van der Waals surface area contributed by atoms with Crippen molar-refractivity contribution in [2.24, 2.45) is 11.4 Å². The lowest BCUT2D eigenvalue weighted by atomic mass is 10.7. The fourth-order valence-corrected chi connectivity index (χ4v) is 2.05. The maximum absolute atomic E-state index is 10.5. The van der Waals surface area contributed by atoms with E-state index in [1.165, 1.54) is 33.2 Å². The highest BCUT2D eigenvalue weighted by atomic mass is 35.5. The monoisotopic (exact) mass is 250 g/mol. The molecule has 0 saturated carbocycles. The second-order valence-electron chi connectivity index (χ2n) is 2.23. The predicted octanol–water partition coefficient (Wildman–Crippen LogP) is 1.35. The highest BCUT2D eigenvalue weighted by molar-refractivity contribution is 7.87. The third-order valence-corrected chi connectivity index (χ3v) is 3.00. The van der Waals surface area contributed by atoms with Crippen molar-refractivity contribution in [2.75, 3.05) is 0 Å². The van der Waals surface area contributed by atoms with E-state index >= 15 is 0 Å². The largest absolute Gasteiger partial charge is 0.268 e. The Hall–Kier alpha value is -0.720. The smallest absolute Gasteiger partial charge is 0.261 e. The van der Waals surface area contributed by atoms with Crippen molar-refractivity contribution in [3.05, 3.63) is 32.2 Å². The molecular weight excluding hydrogens is 244 g/mol. The lowest BCUT2D eigenvalue weighted by Crippen LogP contribution is -2.05. The standard InChI is InChI=1S/C4H4ClNOS.C3H3NOS/c1-6-4(7)2-3(5)8-6;5-6-3-1-2-4-6/h2H,1H3;1-3H. The van der Waals surface area contributed by atoms with Crippen LogP contribution in [0.1, 0.15) is 0 Å². The number of hydrogen-bond acceptors (Lipinski definition) is 3. The van der Waals surface area contributed by atoms with E-state index in [4.69, 9.17) is 11.6 Å². The quantitative estimate of drug-likeness (QED) is 0.698. The Bertz CT molecular complexity index is 433. The van der Waals surface area contributed by atoms with Crippen molar-refractivity contribution in [1.82, 2.24) is 3.96 Å². The van der Waals surface area contributed by atoms with Gasteiger partial charge >= 0.3 is 0 Å². The number of hydrogen-bond donors (Lipinski definition) is 0. The van der Waals surface area contributed by atoms with E-state index in [0.29, 0.717) is 4.34 Å². The van der Waals surface area contributed by atoms with Gasteiger partial charge in [-0.15, -0.1) is 0 Å². The molecule has 0 amide bonds. The molecular formula is C7H7ClN2O2S2. The Morgan fingerprint density at radius 1 is 1.64 bits per heavy atom. The Morgan fingerprint density at radius 2 is 2.36 bits per heavy atom. The van der Waals surface area contributed by atoms with Gasteiger partial charge in [0.05, 0.1) is 0 Å². The number of aryl methyl sites for hydroxylation is 1. The van der Waals surface area contributed by atoms with Crippen LogP contribution in [-0.4, -0.2) is 14.4 Å². The van der Waals surface area contributed by atoms with Gasteiger partial charge in [-0.25, -0.2) is 4.21 Å². The van der Waals surface area contributed by atoms with E-state index in [0.717, 1.165) is 0 Å². The predicted molar refractivity (Wildman–Crippen MR) is 60.3 cm³/mol. The van der Waals surface area contributed by atoms with Crippen LogP contribution in [0.15, 0.2) is 26.7 Å². The second-order valence-corrected chi connectivity index (χ2v) is 5.07. The van der Waals surface area contributed by atoms with Crippen LogP contribution in [0.5, 0.6) is 0 Å². The number of aromatic nitrogens is 1. The summed E-state index contributed by atoms with van der Waals surface area (Å²) in [5.41, 5.74) is -0.0417. The molecule has 1 aliphatic heterocycles. The summed E-state index contributed by atoms with van der Waals surface area (Å²) < 4.78 is 15.6. The minimum atomic E-state index is -1.03. The number of allylic oxidation sites excluding steroid dienone is 1. The van der Waals surface area contributed by atoms with E-state index < -0.39 is 11.0 Å². The first-order chi connectivity index (χ1) is 6.59. The van der Waals surface area contributed by atoms with E-state index in [2.05, 4.69) is 4.40 Å². The minimum Gasteiger partial charge on any atom is -0.268 e. The molecule has 1 unspecified atom stereocenters. The van der Waals surface area contributed by atoms with Gasteiger partial charge in [-0.1, -0.05) is 11.6 Å². The SMILES string of the molecule is Cn1sc(Cl)cc1=O.O=S1C=CC=N1. The topological polar surface area (TPSA) is 51.4 Å². The molecule has 0 radical (unpaired) electrons. The normalized spacial score (nSPS) is 18.0. The van der Waals surface area contributed by atoms with Gasteiger partial charge in [-0.2, -0.15) is 4.40 Å². The molecule has 0 saturated heterocycles. The summed E-state index contributed by atoms with van der Waals surface area (Å²) in [7, 11) is 0.645. The Morgan fingerprint density at radius 3 is 2.50 bits per heavy atom. The highest BCUT2D eigenvalue weighted by Crippen LogP contribution is 2.09. The van der Waals surface area contributed by atoms with Gasteiger partial charge in [0, 0.05) is 24.7 Å². The molecule has 1 aliphatic rings.